The molecule has 1 aromatic heterocycles. The van der Waals surface area contributed by atoms with E-state index in [1.165, 1.54) is 6.07 Å². The SMILES string of the molecule is NC(=O)c1cc(NC2=NCC(F)CN2)c2c(Cl)nn(C(C(N)=O)[C@@H](CC(=O)OC(=O)C(F)(F)F)c3cc(Cl)cc(C(F)(F)F)c3)c2c1. The van der Waals surface area contributed by atoms with Crippen LogP contribution in [0.1, 0.15) is 39.9 Å². The zero-order chi connectivity index (χ0) is 35.0. The van der Waals surface area contributed by atoms with Crippen LogP contribution in [0.5, 0.6) is 0 Å². The number of benzene rings is 2. The number of nitrogens with zero attached hydrogens (tertiary/aromatic N) is 3. The second-order valence-electron chi connectivity index (χ2n) is 10.00. The molecular formula is C26H20Cl2F7N7O5. The third kappa shape index (κ3) is 8.02. The van der Waals surface area contributed by atoms with Crippen LogP contribution in [0, 0.1) is 0 Å². The van der Waals surface area contributed by atoms with E-state index in [2.05, 4.69) is 25.5 Å². The first-order chi connectivity index (χ1) is 21.8. The van der Waals surface area contributed by atoms with Gasteiger partial charge < -0.3 is 26.8 Å². The van der Waals surface area contributed by atoms with Crippen molar-refractivity contribution in [2.45, 2.75) is 36.9 Å². The van der Waals surface area contributed by atoms with Crippen LogP contribution in [0.3, 0.4) is 0 Å². The summed E-state index contributed by atoms with van der Waals surface area (Å²) in [5, 5.41) is 8.41. The molecule has 47 heavy (non-hydrogen) atoms. The summed E-state index contributed by atoms with van der Waals surface area (Å²) in [6, 6.07) is 2.01. The number of aliphatic imine (C=N–C) groups is 1. The molecule has 0 spiro atoms. The van der Waals surface area contributed by atoms with Crippen LogP contribution in [0.4, 0.5) is 36.4 Å². The molecule has 21 heteroatoms. The molecule has 0 radical (unpaired) electrons. The predicted octanol–water partition coefficient (Wildman–Crippen LogP) is 4.00. The van der Waals surface area contributed by atoms with Gasteiger partial charge in [0.1, 0.15) is 12.2 Å². The third-order valence-electron chi connectivity index (χ3n) is 6.68. The molecule has 4 rings (SSSR count). The van der Waals surface area contributed by atoms with E-state index in [-0.39, 0.29) is 41.2 Å². The molecule has 2 heterocycles. The van der Waals surface area contributed by atoms with Gasteiger partial charge in [-0.3, -0.25) is 19.1 Å². The molecular weight excluding hydrogens is 694 g/mol. The number of primary amides is 2. The average molecular weight is 714 g/mol. The number of amides is 2. The minimum atomic E-state index is -5.63. The lowest BCUT2D eigenvalue weighted by atomic mass is 9.87. The molecule has 2 aromatic carbocycles. The number of carbonyl (C=O) groups is 4. The smallest absolute Gasteiger partial charge is 0.386 e. The van der Waals surface area contributed by atoms with Crippen LogP contribution >= 0.6 is 23.2 Å². The number of esters is 2. The quantitative estimate of drug-likeness (QED) is 0.153. The van der Waals surface area contributed by atoms with Gasteiger partial charge in [-0.15, -0.1) is 0 Å². The zero-order valence-corrected chi connectivity index (χ0v) is 24.7. The van der Waals surface area contributed by atoms with E-state index in [1.807, 2.05) is 0 Å². The number of hydrogen-bond acceptors (Lipinski definition) is 9. The fourth-order valence-corrected chi connectivity index (χ4v) is 5.20. The number of carbonyl (C=O) groups excluding carboxylic acids is 4. The summed E-state index contributed by atoms with van der Waals surface area (Å²) in [7, 11) is 0. The topological polar surface area (TPSA) is 184 Å². The van der Waals surface area contributed by atoms with Crippen molar-refractivity contribution in [2.75, 3.05) is 18.4 Å². The Labute approximate surface area is 268 Å². The van der Waals surface area contributed by atoms with Gasteiger partial charge in [0.25, 0.3) is 0 Å². The molecule has 1 aliphatic heterocycles. The molecule has 0 saturated carbocycles. The normalized spacial score (nSPS) is 16.5. The van der Waals surface area contributed by atoms with Gasteiger partial charge in [0.2, 0.25) is 11.8 Å². The van der Waals surface area contributed by atoms with E-state index in [9.17, 15) is 49.9 Å². The molecule has 0 bridgehead atoms. The molecule has 12 nitrogen and oxygen atoms in total. The number of nitrogens with one attached hydrogen (secondary N) is 2. The lowest BCUT2D eigenvalue weighted by Gasteiger charge is -2.26. The largest absolute Gasteiger partial charge is 0.491 e. The fourth-order valence-electron chi connectivity index (χ4n) is 4.68. The Hall–Kier alpha value is -4.65. The Kier molecular flexibility index (Phi) is 9.91. The van der Waals surface area contributed by atoms with E-state index < -0.39 is 82.0 Å². The van der Waals surface area contributed by atoms with Gasteiger partial charge >= 0.3 is 24.3 Å². The minimum Gasteiger partial charge on any atom is -0.386 e. The van der Waals surface area contributed by atoms with E-state index >= 15 is 0 Å². The number of alkyl halides is 7. The van der Waals surface area contributed by atoms with Gasteiger partial charge in [0.15, 0.2) is 11.1 Å². The Morgan fingerprint density at radius 2 is 1.74 bits per heavy atom. The standard InChI is InChI=1S/C26H20Cl2F7N7O5/c27-12-2-9(1-11(5-12)25(30,31)32)14(6-17(43)47-23(46)26(33,34)35)19(22(37)45)42-16-4-10(21(36)44)3-15(18(16)20(28)41-42)40-24-38-7-13(29)8-39-24/h1-5,13-14,19H,6-8H2,(H2,36,44)(H2,37,45)(H2,38,39,40)/t14-,19?/m0/s1. The van der Waals surface area contributed by atoms with Crippen molar-refractivity contribution in [2.24, 2.45) is 16.5 Å². The lowest BCUT2D eigenvalue weighted by molar-refractivity contribution is -0.202. The second kappa shape index (κ2) is 13.2. The van der Waals surface area contributed by atoms with Crippen molar-refractivity contribution in [3.05, 3.63) is 57.2 Å². The first kappa shape index (κ1) is 35.2. The van der Waals surface area contributed by atoms with Gasteiger partial charge in [-0.1, -0.05) is 23.2 Å². The monoisotopic (exact) mass is 713 g/mol. The molecule has 252 valence electrons. The maximum absolute atomic E-state index is 13.7. The maximum atomic E-state index is 13.7. The molecule has 6 N–H and O–H groups in total. The van der Waals surface area contributed by atoms with Gasteiger partial charge in [0.05, 0.1) is 41.7 Å². The second-order valence-corrected chi connectivity index (χ2v) is 10.8. The Morgan fingerprint density at radius 1 is 1.06 bits per heavy atom. The number of fused-ring (bicyclic) bond motifs is 1. The summed E-state index contributed by atoms with van der Waals surface area (Å²) in [6.45, 7) is -0.381. The van der Waals surface area contributed by atoms with Crippen molar-refractivity contribution in [1.82, 2.24) is 15.1 Å². The molecule has 0 aliphatic carbocycles. The highest BCUT2D eigenvalue weighted by Gasteiger charge is 2.44. The Morgan fingerprint density at radius 3 is 2.30 bits per heavy atom. The number of guanidine groups is 1. The summed E-state index contributed by atoms with van der Waals surface area (Å²) in [4.78, 5) is 53.2. The van der Waals surface area contributed by atoms with Crippen molar-refractivity contribution < 1.29 is 54.6 Å². The van der Waals surface area contributed by atoms with Gasteiger partial charge in [-0.05, 0) is 35.9 Å². The van der Waals surface area contributed by atoms with Crippen molar-refractivity contribution in [1.29, 1.82) is 0 Å². The predicted molar refractivity (Wildman–Crippen MR) is 151 cm³/mol. The number of halogens is 9. The van der Waals surface area contributed by atoms with E-state index in [1.54, 1.807) is 0 Å². The van der Waals surface area contributed by atoms with Crippen molar-refractivity contribution in [3.63, 3.8) is 0 Å². The molecule has 3 aromatic rings. The van der Waals surface area contributed by atoms with Crippen LogP contribution in [0.15, 0.2) is 35.3 Å². The van der Waals surface area contributed by atoms with E-state index in [4.69, 9.17) is 34.7 Å². The van der Waals surface area contributed by atoms with E-state index in [0.717, 1.165) is 12.1 Å². The van der Waals surface area contributed by atoms with Crippen LogP contribution in [-0.4, -0.2) is 64.9 Å². The molecule has 2 unspecified atom stereocenters. The third-order valence-corrected chi connectivity index (χ3v) is 7.16. The first-order valence-corrected chi connectivity index (χ1v) is 13.7. The average Bonchev–Trinajstić information content (AvgIpc) is 3.28. The number of nitrogens with two attached hydrogens (primary N) is 2. The number of rotatable bonds is 8. The summed E-state index contributed by atoms with van der Waals surface area (Å²) in [6.07, 6.45) is -13.3. The first-order valence-electron chi connectivity index (χ1n) is 13.0. The molecule has 3 atom stereocenters. The fraction of sp³-hybridized carbons (Fsp3) is 0.308. The Bertz CT molecular complexity index is 1800. The van der Waals surface area contributed by atoms with Crippen molar-refractivity contribution >= 4 is 69.5 Å². The maximum Gasteiger partial charge on any atom is 0.491 e. The van der Waals surface area contributed by atoms with Gasteiger partial charge in [-0.2, -0.15) is 31.4 Å². The lowest BCUT2D eigenvalue weighted by Crippen LogP contribution is -2.41. The van der Waals surface area contributed by atoms with Crippen LogP contribution < -0.4 is 22.1 Å². The Balaban J connectivity index is 1.94. The summed E-state index contributed by atoms with van der Waals surface area (Å²) in [5.41, 5.74) is 8.65. The highest BCUT2D eigenvalue weighted by Crippen LogP contribution is 2.41. The number of ether oxygens (including phenoxy) is 1. The molecule has 2 amide bonds. The van der Waals surface area contributed by atoms with Crippen LogP contribution in [0.2, 0.25) is 10.2 Å². The summed E-state index contributed by atoms with van der Waals surface area (Å²) < 4.78 is 97.7. The van der Waals surface area contributed by atoms with Crippen LogP contribution in [-0.2, 0) is 25.3 Å². The number of anilines is 1. The zero-order valence-electron chi connectivity index (χ0n) is 23.2. The van der Waals surface area contributed by atoms with Crippen molar-refractivity contribution in [3.8, 4) is 0 Å². The molecule has 0 fully saturated rings. The molecule has 1 aliphatic rings. The highest BCUT2D eigenvalue weighted by atomic mass is 35.5. The van der Waals surface area contributed by atoms with E-state index in [0.29, 0.717) is 16.8 Å². The summed E-state index contributed by atoms with van der Waals surface area (Å²) in [5.74, 6) is -9.22. The van der Waals surface area contributed by atoms with Gasteiger partial charge in [0, 0.05) is 16.5 Å². The van der Waals surface area contributed by atoms with Gasteiger partial charge in [-0.25, -0.2) is 14.2 Å². The highest BCUT2D eigenvalue weighted by molar-refractivity contribution is 6.36. The number of hydrogen-bond donors (Lipinski definition) is 4. The number of aromatic nitrogens is 2. The van der Waals surface area contributed by atoms with Crippen LogP contribution in [0.25, 0.3) is 10.9 Å². The minimum absolute atomic E-state index is 0.0191. The summed E-state index contributed by atoms with van der Waals surface area (Å²) >= 11 is 12.3. The molecule has 0 saturated heterocycles.